The van der Waals surface area contributed by atoms with E-state index in [1.807, 2.05) is 6.92 Å². The summed E-state index contributed by atoms with van der Waals surface area (Å²) < 4.78 is 1.16. The fraction of sp³-hybridized carbons (Fsp3) is 0.800. The molecule has 1 nitrogen and oxygen atoms in total. The zero-order valence-electron chi connectivity index (χ0n) is 4.99. The Bertz CT molecular complexity index is 68.5. The second-order valence-corrected chi connectivity index (χ2v) is 2.81. The fourth-order valence-corrected chi connectivity index (χ4v) is 0.775. The van der Waals surface area contributed by atoms with Crippen LogP contribution < -0.4 is 5.32 Å². The van der Waals surface area contributed by atoms with Crippen molar-refractivity contribution in [3.8, 4) is 0 Å². The van der Waals surface area contributed by atoms with Crippen molar-refractivity contribution in [3.63, 3.8) is 0 Å². The van der Waals surface area contributed by atoms with Gasteiger partial charge in [0.15, 0.2) is 0 Å². The molecule has 0 aromatic rings. The first kappa shape index (κ1) is 7.36. The molecule has 0 radical (unpaired) electrons. The minimum absolute atomic E-state index is 0.557. The van der Waals surface area contributed by atoms with E-state index in [-0.39, 0.29) is 0 Å². The number of hydrogen-bond acceptors (Lipinski definition) is 1. The Morgan fingerprint density at radius 3 is 2.00 bits per heavy atom. The van der Waals surface area contributed by atoms with Crippen LogP contribution in [0.5, 0.6) is 0 Å². The van der Waals surface area contributed by atoms with E-state index in [2.05, 4.69) is 35.0 Å². The molecule has 0 amide bonds. The molecule has 0 saturated heterocycles. The molecule has 0 aliphatic carbocycles. The maximum atomic E-state index is 3.17. The van der Waals surface area contributed by atoms with Crippen molar-refractivity contribution in [3.05, 3.63) is 0 Å². The zero-order valence-corrected chi connectivity index (χ0v) is 6.26. The van der Waals surface area contributed by atoms with Gasteiger partial charge in [0, 0.05) is 0 Å². The summed E-state index contributed by atoms with van der Waals surface area (Å²) in [6.45, 7) is 6.24. The molecular weight excluding hydrogens is 126 g/mol. The average Bonchev–Trinajstić information content (AvgIpc) is 1.27. The molecule has 42 valence electrons. The van der Waals surface area contributed by atoms with Crippen LogP contribution in [0.4, 0.5) is 0 Å². The van der Waals surface area contributed by atoms with Crippen LogP contribution in [-0.4, -0.2) is 10.5 Å². The van der Waals surface area contributed by atoms with Crippen LogP contribution in [0.2, 0.25) is 0 Å². The molecule has 2 heteroatoms. The summed E-state index contributed by atoms with van der Waals surface area (Å²) in [5.41, 5.74) is 0. The Morgan fingerprint density at radius 2 is 2.00 bits per heavy atom. The zero-order chi connectivity index (χ0) is 5.86. The standard InChI is InChI=1S/C5H11N.Cr/c1-4-6-5(2)3;/h5-6H,1-3H3;. The molecule has 0 aromatic heterocycles. The van der Waals surface area contributed by atoms with E-state index in [1.54, 1.807) is 0 Å². The van der Waals surface area contributed by atoms with Gasteiger partial charge in [-0.15, -0.1) is 0 Å². The maximum absolute atomic E-state index is 3.17. The normalized spacial score (nSPS) is 9.71. The van der Waals surface area contributed by atoms with E-state index in [0.717, 1.165) is 4.50 Å². The van der Waals surface area contributed by atoms with Crippen molar-refractivity contribution in [2.75, 3.05) is 0 Å². The van der Waals surface area contributed by atoms with Crippen LogP contribution in [0.1, 0.15) is 20.8 Å². The Balaban J connectivity index is 3.13. The third-order valence-corrected chi connectivity index (χ3v) is 0.676. The molecule has 0 saturated carbocycles. The first-order chi connectivity index (χ1) is 3.13. The summed E-state index contributed by atoms with van der Waals surface area (Å²) in [4.78, 5) is 0. The van der Waals surface area contributed by atoms with Gasteiger partial charge in [0.25, 0.3) is 0 Å². The predicted octanol–water partition coefficient (Wildman–Crippen LogP) is 0.681. The molecule has 0 atom stereocenters. The van der Waals surface area contributed by atoms with E-state index in [9.17, 15) is 0 Å². The van der Waals surface area contributed by atoms with E-state index < -0.39 is 0 Å². The molecular formula is C5H11CrN. The van der Waals surface area contributed by atoms with E-state index >= 15 is 0 Å². The van der Waals surface area contributed by atoms with Crippen molar-refractivity contribution in [1.29, 1.82) is 0 Å². The second kappa shape index (κ2) is 3.38. The van der Waals surface area contributed by atoms with Crippen molar-refractivity contribution < 1.29 is 15.9 Å². The van der Waals surface area contributed by atoms with Crippen LogP contribution in [0.25, 0.3) is 0 Å². The molecule has 0 rings (SSSR count). The fourth-order valence-electron chi connectivity index (χ4n) is 0.407. The summed E-state index contributed by atoms with van der Waals surface area (Å²) in [6.07, 6.45) is 0. The summed E-state index contributed by atoms with van der Waals surface area (Å²) in [6, 6.07) is 0.557. The Hall–Kier alpha value is 0.362. The predicted molar refractivity (Wildman–Crippen MR) is 29.0 cm³/mol. The Kier molecular flexibility index (Phi) is 3.55. The van der Waals surface area contributed by atoms with Crippen molar-refractivity contribution in [2.45, 2.75) is 26.8 Å². The molecule has 0 unspecified atom stereocenters. The van der Waals surface area contributed by atoms with Gasteiger partial charge in [-0.25, -0.2) is 0 Å². The van der Waals surface area contributed by atoms with E-state index in [0.29, 0.717) is 6.04 Å². The number of nitrogens with one attached hydrogen (secondary N) is 1. The SMILES string of the molecule is C[C](=[Cr])NC(C)C. The van der Waals surface area contributed by atoms with Crippen LogP contribution in [0, 0.1) is 0 Å². The van der Waals surface area contributed by atoms with Crippen molar-refractivity contribution >= 4 is 4.50 Å². The topological polar surface area (TPSA) is 12.0 Å². The third-order valence-electron chi connectivity index (χ3n) is 0.492. The van der Waals surface area contributed by atoms with Crippen LogP contribution in [0.3, 0.4) is 0 Å². The van der Waals surface area contributed by atoms with Gasteiger partial charge in [-0.1, -0.05) is 0 Å². The molecule has 0 bridgehead atoms. The minimum atomic E-state index is 0.557. The van der Waals surface area contributed by atoms with Gasteiger partial charge in [-0.3, -0.25) is 0 Å². The van der Waals surface area contributed by atoms with Gasteiger partial charge in [0.1, 0.15) is 0 Å². The quantitative estimate of drug-likeness (QED) is 0.590. The molecule has 0 aliphatic heterocycles. The molecule has 0 heterocycles. The number of hydrogen-bond donors (Lipinski definition) is 1. The summed E-state index contributed by atoms with van der Waals surface area (Å²) in [5, 5.41) is 3.17. The third kappa shape index (κ3) is 6.36. The summed E-state index contributed by atoms with van der Waals surface area (Å²) in [7, 11) is 0. The van der Waals surface area contributed by atoms with Gasteiger partial charge >= 0.3 is 52.5 Å². The van der Waals surface area contributed by atoms with Crippen molar-refractivity contribution in [2.24, 2.45) is 0 Å². The van der Waals surface area contributed by atoms with Gasteiger partial charge in [-0.2, -0.15) is 0 Å². The Morgan fingerprint density at radius 1 is 1.57 bits per heavy atom. The molecule has 7 heavy (non-hydrogen) atoms. The van der Waals surface area contributed by atoms with Crippen LogP contribution >= 0.6 is 0 Å². The summed E-state index contributed by atoms with van der Waals surface area (Å²) >= 11 is 2.88. The van der Waals surface area contributed by atoms with Gasteiger partial charge in [0.2, 0.25) is 0 Å². The van der Waals surface area contributed by atoms with Gasteiger partial charge in [0.05, 0.1) is 0 Å². The Labute approximate surface area is 53.1 Å². The van der Waals surface area contributed by atoms with Crippen LogP contribution in [0.15, 0.2) is 0 Å². The molecule has 0 aliphatic rings. The second-order valence-electron chi connectivity index (χ2n) is 1.86. The molecule has 0 aromatic carbocycles. The average molecular weight is 137 g/mol. The van der Waals surface area contributed by atoms with Gasteiger partial charge < -0.3 is 0 Å². The molecule has 0 spiro atoms. The first-order valence-corrected chi connectivity index (χ1v) is 3.04. The first-order valence-electron chi connectivity index (χ1n) is 2.40. The molecule has 1 N–H and O–H groups in total. The van der Waals surface area contributed by atoms with Crippen LogP contribution in [-0.2, 0) is 15.9 Å². The number of rotatable bonds is 2. The van der Waals surface area contributed by atoms with Gasteiger partial charge in [-0.05, 0) is 0 Å². The summed E-state index contributed by atoms with van der Waals surface area (Å²) in [5.74, 6) is 0. The van der Waals surface area contributed by atoms with E-state index in [1.165, 1.54) is 0 Å². The van der Waals surface area contributed by atoms with Crippen molar-refractivity contribution in [1.82, 2.24) is 5.32 Å². The van der Waals surface area contributed by atoms with E-state index in [4.69, 9.17) is 0 Å². The monoisotopic (exact) mass is 137 g/mol. The molecule has 0 fully saturated rings.